The Labute approximate surface area is 235 Å². The molecule has 0 N–H and O–H groups in total. The molecule has 1 aliphatic carbocycles. The van der Waals surface area contributed by atoms with Crippen LogP contribution < -0.4 is 15.9 Å². The molecule has 0 amide bonds. The van der Waals surface area contributed by atoms with Crippen LogP contribution in [0.2, 0.25) is 0 Å². The van der Waals surface area contributed by atoms with E-state index in [1.165, 1.54) is 0 Å². The lowest BCUT2D eigenvalue weighted by atomic mass is 9.92. The second-order valence-corrected chi connectivity index (χ2v) is 12.6. The number of hydrogen-bond acceptors (Lipinski definition) is 4. The molecule has 0 aromatic heterocycles. The number of halogens is 1. The molecule has 0 saturated heterocycles. The SMILES string of the molecule is CCOC(=O)/C(=C(\C=P(c1ccccc1)(c1ccccc1)c1ccccc1)OCC)C1C=CC=CC(Cl)C1=O. The van der Waals surface area contributed by atoms with Crippen LogP contribution in [0, 0.1) is 5.92 Å². The fourth-order valence-corrected chi connectivity index (χ4v) is 8.76. The number of ether oxygens (including phenoxy) is 2. The smallest absolute Gasteiger partial charge is 0.338 e. The average Bonchev–Trinajstić information content (AvgIpc) is 3.13. The van der Waals surface area contributed by atoms with E-state index in [1.54, 1.807) is 31.2 Å². The van der Waals surface area contributed by atoms with E-state index in [0.29, 0.717) is 12.4 Å². The molecule has 3 aromatic carbocycles. The highest BCUT2D eigenvalue weighted by atomic mass is 35.5. The van der Waals surface area contributed by atoms with Crippen molar-refractivity contribution in [2.24, 2.45) is 5.92 Å². The molecule has 39 heavy (non-hydrogen) atoms. The molecule has 0 fully saturated rings. The first-order valence-electron chi connectivity index (χ1n) is 13.0. The fourth-order valence-electron chi connectivity index (χ4n) is 4.70. The number of carbonyl (C=O) groups is 2. The Balaban J connectivity index is 2.17. The minimum atomic E-state index is -2.55. The zero-order valence-corrected chi connectivity index (χ0v) is 23.7. The number of carbonyl (C=O) groups excluding carboxylic acids is 2. The Morgan fingerprint density at radius 1 is 0.769 bits per heavy atom. The number of benzene rings is 3. The third kappa shape index (κ3) is 6.19. The number of rotatable bonds is 9. The van der Waals surface area contributed by atoms with Crippen molar-refractivity contribution in [1.82, 2.24) is 0 Å². The van der Waals surface area contributed by atoms with Crippen molar-refractivity contribution in [3.63, 3.8) is 0 Å². The predicted octanol–water partition coefficient (Wildman–Crippen LogP) is 5.56. The zero-order chi connectivity index (χ0) is 27.7. The van der Waals surface area contributed by atoms with E-state index in [-0.39, 0.29) is 18.0 Å². The number of alkyl halides is 1. The minimum absolute atomic E-state index is 0.154. The van der Waals surface area contributed by atoms with Gasteiger partial charge in [0.25, 0.3) is 0 Å². The first-order chi connectivity index (χ1) is 19.0. The summed E-state index contributed by atoms with van der Waals surface area (Å²) in [5.41, 5.74) is 0.154. The maximum Gasteiger partial charge on any atom is 0.338 e. The van der Waals surface area contributed by atoms with Crippen molar-refractivity contribution in [3.8, 4) is 0 Å². The zero-order valence-electron chi connectivity index (χ0n) is 22.1. The van der Waals surface area contributed by atoms with Gasteiger partial charge in [-0.1, -0.05) is 115 Å². The summed E-state index contributed by atoms with van der Waals surface area (Å²) in [7, 11) is 0. The largest absolute Gasteiger partial charge is 0.493 e. The molecule has 0 heterocycles. The van der Waals surface area contributed by atoms with Crippen LogP contribution in [-0.4, -0.2) is 36.1 Å². The lowest BCUT2D eigenvalue weighted by Gasteiger charge is -2.30. The lowest BCUT2D eigenvalue weighted by Crippen LogP contribution is -2.31. The average molecular weight is 559 g/mol. The Morgan fingerprint density at radius 3 is 1.69 bits per heavy atom. The van der Waals surface area contributed by atoms with Crippen LogP contribution in [0.3, 0.4) is 0 Å². The molecule has 0 aliphatic heterocycles. The molecule has 3 aromatic rings. The van der Waals surface area contributed by atoms with Gasteiger partial charge in [0, 0.05) is 0 Å². The summed E-state index contributed by atoms with van der Waals surface area (Å²) in [6.07, 6.45) is 6.76. The number of allylic oxidation sites excluding steroid dienone is 5. The van der Waals surface area contributed by atoms with Gasteiger partial charge in [0.1, 0.15) is 11.1 Å². The van der Waals surface area contributed by atoms with Crippen molar-refractivity contribution in [3.05, 3.63) is 127 Å². The fraction of sp³-hybridized carbons (Fsp3) is 0.182. The molecule has 0 spiro atoms. The third-order valence-electron chi connectivity index (χ3n) is 6.45. The number of esters is 1. The van der Waals surface area contributed by atoms with E-state index in [0.717, 1.165) is 15.9 Å². The van der Waals surface area contributed by atoms with Gasteiger partial charge in [-0.25, -0.2) is 4.79 Å². The molecule has 0 saturated carbocycles. The molecule has 2 unspecified atom stereocenters. The Hall–Kier alpha value is -3.59. The Bertz CT molecular complexity index is 1320. The monoisotopic (exact) mass is 558 g/mol. The summed E-state index contributed by atoms with van der Waals surface area (Å²) in [6, 6.07) is 30.7. The van der Waals surface area contributed by atoms with Gasteiger partial charge >= 0.3 is 5.97 Å². The van der Waals surface area contributed by atoms with Gasteiger partial charge in [0.2, 0.25) is 0 Å². The van der Waals surface area contributed by atoms with Crippen LogP contribution in [-0.2, 0) is 19.1 Å². The highest BCUT2D eigenvalue weighted by molar-refractivity contribution is 7.94. The third-order valence-corrected chi connectivity index (χ3v) is 10.8. The number of Topliss-reactive ketones (excluding diaryl/α,β-unsaturated/α-hetero) is 1. The van der Waals surface area contributed by atoms with Gasteiger partial charge in [-0.2, -0.15) is 0 Å². The standard InChI is InChI=1S/C33H32ClO4P/c1-3-37-30(31(33(36)38-4-2)28-22-14-15-23-29(34)32(28)35)24-39(25-16-8-5-9-17-25,26-18-10-6-11-19-26)27-20-12-7-13-21-27/h5-24,28-29H,3-4H2,1-2H3/b31-30+. The summed E-state index contributed by atoms with van der Waals surface area (Å²) >= 11 is 6.40. The first kappa shape index (κ1) is 28.4. The molecule has 0 bridgehead atoms. The van der Waals surface area contributed by atoms with Crippen molar-refractivity contribution >= 4 is 51.9 Å². The maximum absolute atomic E-state index is 13.6. The van der Waals surface area contributed by atoms with Crippen LogP contribution in [0.25, 0.3) is 0 Å². The highest BCUT2D eigenvalue weighted by Crippen LogP contribution is 2.45. The second-order valence-electron chi connectivity index (χ2n) is 8.84. The molecule has 200 valence electrons. The molecular weight excluding hydrogens is 527 g/mol. The summed E-state index contributed by atoms with van der Waals surface area (Å²) in [4.78, 5) is 27.0. The molecule has 4 rings (SSSR count). The van der Waals surface area contributed by atoms with Crippen LogP contribution in [0.1, 0.15) is 13.8 Å². The van der Waals surface area contributed by atoms with Gasteiger partial charge in [0.05, 0.1) is 24.7 Å². The van der Waals surface area contributed by atoms with Gasteiger partial charge < -0.3 is 9.47 Å². The van der Waals surface area contributed by atoms with Crippen molar-refractivity contribution in [2.75, 3.05) is 13.2 Å². The van der Waals surface area contributed by atoms with Gasteiger partial charge in [-0.3, -0.25) is 4.79 Å². The second kappa shape index (κ2) is 13.5. The first-order valence-corrected chi connectivity index (χ1v) is 15.3. The Kier molecular flexibility index (Phi) is 9.81. The van der Waals surface area contributed by atoms with Gasteiger partial charge in [-0.15, -0.1) is 11.6 Å². The summed E-state index contributed by atoms with van der Waals surface area (Å²) in [5.74, 6) is 0.556. The van der Waals surface area contributed by atoms with Gasteiger partial charge in [0.15, 0.2) is 5.78 Å². The topological polar surface area (TPSA) is 52.6 Å². The van der Waals surface area contributed by atoms with E-state index in [1.807, 2.05) is 61.5 Å². The van der Waals surface area contributed by atoms with Crippen LogP contribution in [0.15, 0.2) is 127 Å². The van der Waals surface area contributed by atoms with E-state index >= 15 is 0 Å². The molecule has 2 atom stereocenters. The molecular formula is C33H32ClO4P. The van der Waals surface area contributed by atoms with E-state index in [4.69, 9.17) is 21.1 Å². The summed E-state index contributed by atoms with van der Waals surface area (Å²) < 4.78 is 11.8. The normalized spacial score (nSPS) is 17.7. The summed E-state index contributed by atoms with van der Waals surface area (Å²) in [6.45, 7) is 1.51. The van der Waals surface area contributed by atoms with E-state index < -0.39 is 24.2 Å². The van der Waals surface area contributed by atoms with Crippen LogP contribution >= 0.6 is 18.5 Å². The van der Waals surface area contributed by atoms with Gasteiger partial charge in [-0.05, 0) is 42.4 Å². The van der Waals surface area contributed by atoms with Crippen molar-refractivity contribution < 1.29 is 19.1 Å². The molecule has 1 aliphatic rings. The Morgan fingerprint density at radius 2 is 1.23 bits per heavy atom. The predicted molar refractivity (Wildman–Crippen MR) is 163 cm³/mol. The lowest BCUT2D eigenvalue weighted by molar-refractivity contribution is -0.140. The number of hydrogen-bond donors (Lipinski definition) is 0. The van der Waals surface area contributed by atoms with Crippen molar-refractivity contribution in [1.29, 1.82) is 0 Å². The maximum atomic E-state index is 13.6. The minimum Gasteiger partial charge on any atom is -0.493 e. The van der Waals surface area contributed by atoms with E-state index in [9.17, 15) is 9.59 Å². The molecule has 0 radical (unpaired) electrons. The number of ketones is 1. The molecule has 6 heteroatoms. The quantitative estimate of drug-likeness (QED) is 0.114. The summed E-state index contributed by atoms with van der Waals surface area (Å²) in [5, 5.41) is 2.38. The van der Waals surface area contributed by atoms with Crippen LogP contribution in [0.5, 0.6) is 0 Å². The highest BCUT2D eigenvalue weighted by Gasteiger charge is 2.35. The van der Waals surface area contributed by atoms with Crippen molar-refractivity contribution in [2.45, 2.75) is 19.2 Å². The van der Waals surface area contributed by atoms with Crippen LogP contribution in [0.4, 0.5) is 0 Å². The molecule has 4 nitrogen and oxygen atoms in total. The van der Waals surface area contributed by atoms with E-state index in [2.05, 4.69) is 42.2 Å².